The lowest BCUT2D eigenvalue weighted by molar-refractivity contribution is -0.832. The molecule has 1 N–H and O–H groups in total. The van der Waals surface area contributed by atoms with Crippen molar-refractivity contribution in [3.05, 3.63) is 76.0 Å². The number of carbonyl (C=O) groups excluding carboxylic acids is 3. The zero-order valence-electron chi connectivity index (χ0n) is 20.1. The highest BCUT2D eigenvalue weighted by Gasteiger charge is 2.36. The lowest BCUT2D eigenvalue weighted by Gasteiger charge is -2.19. The van der Waals surface area contributed by atoms with Gasteiger partial charge in [-0.2, -0.15) is 0 Å². The number of ketones is 2. The van der Waals surface area contributed by atoms with Crippen LogP contribution in [0.25, 0.3) is 0 Å². The molecule has 0 saturated carbocycles. The van der Waals surface area contributed by atoms with Gasteiger partial charge < -0.3 is 19.8 Å². The molecule has 13 heteroatoms. The monoisotopic (exact) mass is 542 g/mol. The van der Waals surface area contributed by atoms with E-state index in [4.69, 9.17) is 9.47 Å². The summed E-state index contributed by atoms with van der Waals surface area (Å²) < 4.78 is 40.1. The highest BCUT2D eigenvalue weighted by atomic mass is 32.2. The number of rotatable bonds is 10. The van der Waals surface area contributed by atoms with Gasteiger partial charge in [0.15, 0.2) is 11.6 Å². The molecule has 4 rings (SSSR count). The van der Waals surface area contributed by atoms with Gasteiger partial charge in [-0.3, -0.25) is 19.0 Å². The fourth-order valence-corrected chi connectivity index (χ4v) is 5.24. The van der Waals surface area contributed by atoms with Crippen LogP contribution in [-0.2, 0) is 19.4 Å². The first-order valence-corrected chi connectivity index (χ1v) is 12.9. The Balaban J connectivity index is 1.28. The molecule has 1 heterocycles. The number of Topliss-reactive ketones (excluding diaryl/α,β-unsaturated/α-hetero) is 2. The smallest absolute Gasteiger partial charge is 0.415 e. The van der Waals surface area contributed by atoms with Crippen LogP contribution in [0, 0.1) is 5.21 Å². The van der Waals surface area contributed by atoms with Crippen LogP contribution >= 0.6 is 0 Å². The largest absolute Gasteiger partial charge is 0.507 e. The molecule has 12 nitrogen and oxygen atoms in total. The molecule has 1 aliphatic rings. The summed E-state index contributed by atoms with van der Waals surface area (Å²) in [5.74, 6) is -2.29. The third kappa shape index (κ3) is 5.13. The number of allylic oxidation sites excluding steroid dienone is 2. The Bertz CT molecular complexity index is 1540. The second-order valence-electron chi connectivity index (χ2n) is 8.24. The minimum Gasteiger partial charge on any atom is -0.507 e. The number of sulfone groups is 1. The van der Waals surface area contributed by atoms with Crippen molar-refractivity contribution in [3.8, 4) is 11.6 Å². The number of esters is 1. The Morgan fingerprint density at radius 1 is 1.08 bits per heavy atom. The number of aromatic nitrogens is 2. The van der Waals surface area contributed by atoms with Gasteiger partial charge in [0.05, 0.1) is 15.6 Å². The number of carbonyl (C=O) groups is 3. The van der Waals surface area contributed by atoms with E-state index in [-0.39, 0.29) is 76.1 Å². The summed E-state index contributed by atoms with van der Waals surface area (Å²) in [6.45, 7) is 0.929. The van der Waals surface area contributed by atoms with Crippen molar-refractivity contribution in [2.75, 3.05) is 13.2 Å². The normalized spacial score (nSPS) is 13.4. The molecule has 0 amide bonds. The molecule has 0 spiro atoms. The van der Waals surface area contributed by atoms with Crippen molar-refractivity contribution in [1.82, 2.24) is 5.16 Å². The second-order valence-corrected chi connectivity index (χ2v) is 10.1. The molecule has 1 aliphatic carbocycles. The molecule has 38 heavy (non-hydrogen) atoms. The number of phenols is 1. The van der Waals surface area contributed by atoms with E-state index in [0.29, 0.717) is 0 Å². The molecule has 0 aliphatic heterocycles. The van der Waals surface area contributed by atoms with E-state index in [2.05, 4.69) is 9.79 Å². The van der Waals surface area contributed by atoms with Gasteiger partial charge in [0.25, 0.3) is 9.84 Å². The number of ether oxygens (including phenoxy) is 2. The summed E-state index contributed by atoms with van der Waals surface area (Å²) in [4.78, 5) is 37.1. The molecule has 0 bridgehead atoms. The Morgan fingerprint density at radius 3 is 2.55 bits per heavy atom. The van der Waals surface area contributed by atoms with Crippen LogP contribution in [0.3, 0.4) is 0 Å². The zero-order chi connectivity index (χ0) is 27.4. The number of benzene rings is 2. The predicted octanol–water partition coefficient (Wildman–Crippen LogP) is 2.33. The summed E-state index contributed by atoms with van der Waals surface area (Å²) in [6.07, 6.45) is 0.246. The Kier molecular flexibility index (Phi) is 7.57. The van der Waals surface area contributed by atoms with Gasteiger partial charge >= 0.3 is 16.9 Å². The first-order valence-electron chi connectivity index (χ1n) is 11.4. The van der Waals surface area contributed by atoms with Crippen molar-refractivity contribution in [3.63, 3.8) is 0 Å². The van der Waals surface area contributed by atoms with Crippen molar-refractivity contribution >= 4 is 27.4 Å². The van der Waals surface area contributed by atoms with Gasteiger partial charge in [0.2, 0.25) is 0 Å². The topological polar surface area (TPSA) is 177 Å². The quantitative estimate of drug-likeness (QED) is 0.226. The minimum absolute atomic E-state index is 0.0428. The van der Waals surface area contributed by atoms with Gasteiger partial charge in [-0.25, -0.2) is 8.42 Å². The molecular weight excluding hydrogens is 520 g/mol. The van der Waals surface area contributed by atoms with Gasteiger partial charge in [-0.1, -0.05) is 30.3 Å². The fourth-order valence-electron chi connectivity index (χ4n) is 3.95. The summed E-state index contributed by atoms with van der Waals surface area (Å²) in [5.41, 5.74) is 0.590. The molecule has 198 valence electrons. The number of hydrogen-bond acceptors (Lipinski definition) is 11. The number of hydrogen-bond donors (Lipinski definition) is 1. The molecule has 1 aromatic heterocycles. The van der Waals surface area contributed by atoms with Crippen molar-refractivity contribution in [2.45, 2.75) is 36.1 Å². The predicted molar refractivity (Wildman–Crippen MR) is 127 cm³/mol. The second kappa shape index (κ2) is 10.8. The van der Waals surface area contributed by atoms with Crippen LogP contribution in [0.1, 0.15) is 46.9 Å². The van der Waals surface area contributed by atoms with Crippen LogP contribution in [0.4, 0.5) is 0 Å². The summed E-state index contributed by atoms with van der Waals surface area (Å²) in [5, 5.41) is 24.4. The number of aromatic hydroxyl groups is 1. The zero-order valence-corrected chi connectivity index (χ0v) is 20.9. The molecule has 0 unspecified atom stereocenters. The van der Waals surface area contributed by atoms with Gasteiger partial charge in [-0.05, 0) is 42.9 Å². The van der Waals surface area contributed by atoms with Crippen LogP contribution < -0.4 is 9.64 Å². The fraction of sp³-hybridized carbons (Fsp3) is 0.240. The van der Waals surface area contributed by atoms with E-state index in [1.807, 2.05) is 0 Å². The van der Waals surface area contributed by atoms with E-state index < -0.39 is 32.5 Å². The van der Waals surface area contributed by atoms with Crippen molar-refractivity contribution < 1.29 is 46.9 Å². The van der Waals surface area contributed by atoms with E-state index in [1.54, 1.807) is 6.07 Å². The SMILES string of the molecule is CC1=C(CCCC(=O)OCCOc2no[n+]([O-])c2S(=O)(=O)c2ccccc2)C(=O)c2c(O)cccc2C1=O. The van der Waals surface area contributed by atoms with E-state index in [9.17, 15) is 33.1 Å². The van der Waals surface area contributed by atoms with Gasteiger partial charge in [0.1, 0.15) is 19.0 Å². The third-order valence-electron chi connectivity index (χ3n) is 5.83. The summed E-state index contributed by atoms with van der Waals surface area (Å²) >= 11 is 0. The maximum atomic E-state index is 12.8. The maximum Gasteiger partial charge on any atom is 0.415 e. The number of nitrogens with zero attached hydrogens (tertiary/aromatic N) is 2. The maximum absolute atomic E-state index is 12.8. The van der Waals surface area contributed by atoms with Crippen LogP contribution in [-0.4, -0.2) is 49.4 Å². The molecule has 0 saturated heterocycles. The standard InChI is InChI=1S/C25H22N2O10S/c1-15-17(23(31)21-18(22(15)30)10-5-11-19(21)28)9-6-12-20(29)35-13-14-36-24-25(27(32)37-26-24)38(33,34)16-7-3-2-4-8-16/h2-5,7-8,10-11,28H,6,9,12-14H2,1H3. The van der Waals surface area contributed by atoms with Crippen molar-refractivity contribution in [1.29, 1.82) is 0 Å². The van der Waals surface area contributed by atoms with Crippen molar-refractivity contribution in [2.24, 2.45) is 0 Å². The van der Waals surface area contributed by atoms with Crippen LogP contribution in [0.2, 0.25) is 0 Å². The van der Waals surface area contributed by atoms with Gasteiger partial charge in [-0.15, -0.1) is 0 Å². The summed E-state index contributed by atoms with van der Waals surface area (Å²) in [7, 11) is -4.28. The Morgan fingerprint density at radius 2 is 1.82 bits per heavy atom. The van der Waals surface area contributed by atoms with E-state index in [0.717, 1.165) is 0 Å². The molecule has 0 radical (unpaired) electrons. The van der Waals surface area contributed by atoms with E-state index >= 15 is 0 Å². The molecular formula is C25H22N2O10S. The molecule has 0 fully saturated rings. The first-order chi connectivity index (χ1) is 18.1. The number of phenolic OH excluding ortho intramolecular Hbond substituents is 1. The minimum atomic E-state index is -4.28. The average molecular weight is 543 g/mol. The van der Waals surface area contributed by atoms with Crippen LogP contribution in [0.5, 0.6) is 11.6 Å². The summed E-state index contributed by atoms with van der Waals surface area (Å²) in [6, 6.07) is 11.5. The van der Waals surface area contributed by atoms with E-state index in [1.165, 1.54) is 49.4 Å². The molecule has 3 aromatic rings. The number of fused-ring (bicyclic) bond motifs is 1. The first kappa shape index (κ1) is 26.5. The molecule has 0 atom stereocenters. The Labute approximate surface area is 216 Å². The lowest BCUT2D eigenvalue weighted by Crippen LogP contribution is -2.31. The Hall–Kier alpha value is -4.52. The molecule has 2 aromatic carbocycles. The highest BCUT2D eigenvalue weighted by Crippen LogP contribution is 2.33. The highest BCUT2D eigenvalue weighted by molar-refractivity contribution is 7.91. The van der Waals surface area contributed by atoms with Crippen LogP contribution in [0.15, 0.2) is 74.2 Å². The third-order valence-corrected chi connectivity index (χ3v) is 7.55. The van der Waals surface area contributed by atoms with Gasteiger partial charge in [0, 0.05) is 23.1 Å². The average Bonchev–Trinajstić information content (AvgIpc) is 3.28. The lowest BCUT2D eigenvalue weighted by atomic mass is 9.82.